The highest BCUT2D eigenvalue weighted by atomic mass is 79.9. The van der Waals surface area contributed by atoms with Crippen LogP contribution in [0.3, 0.4) is 0 Å². The molecule has 4 nitrogen and oxygen atoms in total. The number of carbonyl (C=O) groups is 1. The Kier molecular flexibility index (Phi) is 3.91. The smallest absolute Gasteiger partial charge is 0.315 e. The first-order chi connectivity index (χ1) is 8.89. The third-order valence-corrected chi connectivity index (χ3v) is 4.06. The van der Waals surface area contributed by atoms with Crippen molar-refractivity contribution in [1.82, 2.24) is 4.98 Å². The highest BCUT2D eigenvalue weighted by Crippen LogP contribution is 2.29. The topological polar surface area (TPSA) is 62.2 Å². The lowest BCUT2D eigenvalue weighted by Gasteiger charge is -2.15. The zero-order valence-electron chi connectivity index (χ0n) is 10.5. The number of nitrogens with zero attached hydrogens (tertiary/aromatic N) is 1. The van der Waals surface area contributed by atoms with E-state index in [1.807, 2.05) is 24.3 Å². The fourth-order valence-corrected chi connectivity index (χ4v) is 2.55. The van der Waals surface area contributed by atoms with Gasteiger partial charge in [0.2, 0.25) is 0 Å². The number of aromatic nitrogens is 1. The molecule has 2 rings (SSSR count). The SMILES string of the molecule is CC(C)(C(=O)O)c1csc(Nc2ccc(Br)cc2)n1. The second-order valence-electron chi connectivity index (χ2n) is 4.60. The lowest BCUT2D eigenvalue weighted by atomic mass is 9.90. The summed E-state index contributed by atoms with van der Waals surface area (Å²) in [7, 11) is 0. The van der Waals surface area contributed by atoms with E-state index >= 15 is 0 Å². The molecule has 0 bridgehead atoms. The maximum atomic E-state index is 11.2. The molecule has 0 radical (unpaired) electrons. The molecule has 0 amide bonds. The number of aliphatic carboxylic acids is 1. The second-order valence-corrected chi connectivity index (χ2v) is 6.37. The highest BCUT2D eigenvalue weighted by Gasteiger charge is 2.32. The Morgan fingerprint density at radius 2 is 2.00 bits per heavy atom. The molecule has 0 saturated heterocycles. The number of carboxylic acids is 1. The van der Waals surface area contributed by atoms with E-state index in [2.05, 4.69) is 26.2 Å². The molecule has 100 valence electrons. The average molecular weight is 341 g/mol. The summed E-state index contributed by atoms with van der Waals surface area (Å²) in [6.07, 6.45) is 0. The van der Waals surface area contributed by atoms with E-state index in [9.17, 15) is 4.79 Å². The Hall–Kier alpha value is -1.40. The lowest BCUT2D eigenvalue weighted by molar-refractivity contribution is -0.142. The molecule has 0 atom stereocenters. The molecule has 6 heteroatoms. The molecule has 1 heterocycles. The van der Waals surface area contributed by atoms with Gasteiger partial charge in [0.05, 0.1) is 5.69 Å². The molecule has 0 aliphatic heterocycles. The Balaban J connectivity index is 2.18. The van der Waals surface area contributed by atoms with E-state index in [1.54, 1.807) is 19.2 Å². The fourth-order valence-electron chi connectivity index (χ4n) is 1.38. The summed E-state index contributed by atoms with van der Waals surface area (Å²) in [5.41, 5.74) is 0.498. The van der Waals surface area contributed by atoms with Gasteiger partial charge >= 0.3 is 5.97 Å². The number of benzene rings is 1. The fraction of sp³-hybridized carbons (Fsp3) is 0.231. The monoisotopic (exact) mass is 340 g/mol. The van der Waals surface area contributed by atoms with Crippen molar-refractivity contribution in [2.45, 2.75) is 19.3 Å². The van der Waals surface area contributed by atoms with Gasteiger partial charge in [-0.15, -0.1) is 11.3 Å². The lowest BCUT2D eigenvalue weighted by Crippen LogP contribution is -2.28. The quantitative estimate of drug-likeness (QED) is 0.882. The summed E-state index contributed by atoms with van der Waals surface area (Å²) >= 11 is 4.77. The van der Waals surface area contributed by atoms with Crippen LogP contribution in [0.5, 0.6) is 0 Å². The van der Waals surface area contributed by atoms with Crippen LogP contribution in [-0.4, -0.2) is 16.1 Å². The number of nitrogens with one attached hydrogen (secondary N) is 1. The molecule has 1 aromatic heterocycles. The van der Waals surface area contributed by atoms with Crippen LogP contribution in [-0.2, 0) is 10.2 Å². The van der Waals surface area contributed by atoms with Crippen molar-refractivity contribution in [1.29, 1.82) is 0 Å². The van der Waals surface area contributed by atoms with Crippen molar-refractivity contribution >= 4 is 44.1 Å². The summed E-state index contributed by atoms with van der Waals surface area (Å²) in [5.74, 6) is -0.881. The number of halogens is 1. The predicted molar refractivity (Wildman–Crippen MR) is 80.2 cm³/mol. The number of hydrogen-bond acceptors (Lipinski definition) is 4. The Labute approximate surface area is 123 Å². The molecule has 0 spiro atoms. The number of anilines is 2. The van der Waals surface area contributed by atoms with Crippen molar-refractivity contribution in [2.75, 3.05) is 5.32 Å². The van der Waals surface area contributed by atoms with Gasteiger partial charge in [0.25, 0.3) is 0 Å². The second kappa shape index (κ2) is 5.30. The standard InChI is InChI=1S/C13H13BrN2O2S/c1-13(2,11(17)18)10-7-19-12(16-10)15-9-5-3-8(14)4-6-9/h3-7H,1-2H3,(H,15,16)(H,17,18). The Morgan fingerprint density at radius 1 is 1.37 bits per heavy atom. The van der Waals surface area contributed by atoms with Gasteiger partial charge in [0.1, 0.15) is 5.41 Å². The van der Waals surface area contributed by atoms with Gasteiger partial charge in [0.15, 0.2) is 5.13 Å². The molecule has 0 aliphatic carbocycles. The number of carboxylic acid groups (broad SMARTS) is 1. The normalized spacial score (nSPS) is 11.3. The van der Waals surface area contributed by atoms with Crippen molar-refractivity contribution in [3.8, 4) is 0 Å². The van der Waals surface area contributed by atoms with Crippen LogP contribution in [0.25, 0.3) is 0 Å². The Morgan fingerprint density at radius 3 is 2.58 bits per heavy atom. The molecule has 0 aliphatic rings. The minimum Gasteiger partial charge on any atom is -0.481 e. The van der Waals surface area contributed by atoms with Crippen molar-refractivity contribution in [3.05, 3.63) is 39.8 Å². The number of rotatable bonds is 4. The summed E-state index contributed by atoms with van der Waals surface area (Å²) in [4.78, 5) is 15.5. The number of hydrogen-bond donors (Lipinski definition) is 2. The molecule has 0 unspecified atom stereocenters. The van der Waals surface area contributed by atoms with Gasteiger partial charge in [0, 0.05) is 15.5 Å². The molecule has 0 fully saturated rings. The molecule has 19 heavy (non-hydrogen) atoms. The summed E-state index contributed by atoms with van der Waals surface area (Å²) in [6.45, 7) is 3.29. The zero-order chi connectivity index (χ0) is 14.0. The van der Waals surface area contributed by atoms with Gasteiger partial charge < -0.3 is 10.4 Å². The minimum absolute atomic E-state index is 0.560. The van der Waals surface area contributed by atoms with E-state index < -0.39 is 11.4 Å². The van der Waals surface area contributed by atoms with Crippen LogP contribution in [0, 0.1) is 0 Å². The molecular formula is C13H13BrN2O2S. The first kappa shape index (κ1) is 14.0. The molecular weight excluding hydrogens is 328 g/mol. The number of thiazole rings is 1. The predicted octanol–water partition coefficient (Wildman–Crippen LogP) is 4.01. The first-order valence-corrected chi connectivity index (χ1v) is 7.29. The van der Waals surface area contributed by atoms with E-state index in [4.69, 9.17) is 5.11 Å². The van der Waals surface area contributed by atoms with E-state index in [-0.39, 0.29) is 0 Å². The zero-order valence-corrected chi connectivity index (χ0v) is 12.9. The van der Waals surface area contributed by atoms with Crippen LogP contribution >= 0.6 is 27.3 Å². The molecule has 2 N–H and O–H groups in total. The summed E-state index contributed by atoms with van der Waals surface area (Å²) in [6, 6.07) is 7.71. The summed E-state index contributed by atoms with van der Waals surface area (Å²) < 4.78 is 1.00. The van der Waals surface area contributed by atoms with Gasteiger partial charge in [-0.1, -0.05) is 15.9 Å². The van der Waals surface area contributed by atoms with E-state index in [0.717, 1.165) is 10.2 Å². The van der Waals surface area contributed by atoms with E-state index in [0.29, 0.717) is 10.8 Å². The largest absolute Gasteiger partial charge is 0.481 e. The molecule has 2 aromatic rings. The van der Waals surface area contributed by atoms with Crippen LogP contribution < -0.4 is 5.32 Å². The molecule has 0 saturated carbocycles. The highest BCUT2D eigenvalue weighted by molar-refractivity contribution is 9.10. The third kappa shape index (κ3) is 3.13. The van der Waals surface area contributed by atoms with Crippen molar-refractivity contribution in [3.63, 3.8) is 0 Å². The summed E-state index contributed by atoms with van der Waals surface area (Å²) in [5, 5.41) is 14.8. The minimum atomic E-state index is -0.976. The Bertz CT molecular complexity index is 593. The van der Waals surface area contributed by atoms with Crippen LogP contribution in [0.15, 0.2) is 34.1 Å². The van der Waals surface area contributed by atoms with Gasteiger partial charge in [-0.3, -0.25) is 4.79 Å². The maximum absolute atomic E-state index is 11.2. The maximum Gasteiger partial charge on any atom is 0.315 e. The van der Waals surface area contributed by atoms with Crippen molar-refractivity contribution in [2.24, 2.45) is 0 Å². The average Bonchev–Trinajstić information content (AvgIpc) is 2.81. The van der Waals surface area contributed by atoms with Crippen LogP contribution in [0.2, 0.25) is 0 Å². The first-order valence-electron chi connectivity index (χ1n) is 5.61. The molecule has 1 aromatic carbocycles. The van der Waals surface area contributed by atoms with E-state index in [1.165, 1.54) is 11.3 Å². The van der Waals surface area contributed by atoms with Gasteiger partial charge in [-0.2, -0.15) is 0 Å². The van der Waals surface area contributed by atoms with Gasteiger partial charge in [-0.25, -0.2) is 4.98 Å². The van der Waals surface area contributed by atoms with Crippen LogP contribution in [0.4, 0.5) is 10.8 Å². The van der Waals surface area contributed by atoms with Crippen LogP contribution in [0.1, 0.15) is 19.5 Å². The van der Waals surface area contributed by atoms with Crippen molar-refractivity contribution < 1.29 is 9.90 Å². The third-order valence-electron chi connectivity index (χ3n) is 2.77. The van der Waals surface area contributed by atoms with Gasteiger partial charge in [-0.05, 0) is 38.1 Å².